The van der Waals surface area contributed by atoms with Crippen LogP contribution in [0.4, 0.5) is 0 Å². The summed E-state index contributed by atoms with van der Waals surface area (Å²) in [4.78, 5) is 11.8. The van der Waals surface area contributed by atoms with Crippen LogP contribution in [0.5, 0.6) is 5.75 Å². The van der Waals surface area contributed by atoms with Crippen molar-refractivity contribution in [2.75, 3.05) is 19.9 Å². The van der Waals surface area contributed by atoms with Crippen molar-refractivity contribution in [2.45, 2.75) is 25.8 Å². The summed E-state index contributed by atoms with van der Waals surface area (Å²) in [5, 5.41) is 2.81. The molecule has 6 nitrogen and oxygen atoms in total. The molecule has 0 fully saturated rings. The molecule has 0 unspecified atom stereocenters. The smallest absolute Gasteiger partial charge is 0.235 e. The van der Waals surface area contributed by atoms with Crippen LogP contribution in [0.25, 0.3) is 0 Å². The Morgan fingerprint density at radius 3 is 2.48 bits per heavy atom. The summed E-state index contributed by atoms with van der Waals surface area (Å²) >= 11 is 0. The number of benzene rings is 1. The third kappa shape index (κ3) is 6.59. The molecule has 0 heterocycles. The van der Waals surface area contributed by atoms with E-state index in [0.717, 1.165) is 17.6 Å². The minimum absolute atomic E-state index is 0.270. The van der Waals surface area contributed by atoms with Gasteiger partial charge in [0.25, 0.3) is 0 Å². The van der Waals surface area contributed by atoms with E-state index in [0.29, 0.717) is 6.42 Å². The van der Waals surface area contributed by atoms with Crippen LogP contribution >= 0.6 is 0 Å². The zero-order chi connectivity index (χ0) is 16.1. The third-order valence-corrected chi connectivity index (χ3v) is 3.47. The molecule has 7 heteroatoms. The summed E-state index contributed by atoms with van der Waals surface area (Å²) in [7, 11) is -1.78. The van der Waals surface area contributed by atoms with Crippen LogP contribution in [0.2, 0.25) is 0 Å². The molecule has 118 valence electrons. The number of amides is 1. The van der Waals surface area contributed by atoms with Gasteiger partial charge in [-0.25, -0.2) is 13.1 Å². The highest BCUT2D eigenvalue weighted by molar-refractivity contribution is 7.88. The van der Waals surface area contributed by atoms with E-state index in [-0.39, 0.29) is 12.5 Å². The summed E-state index contributed by atoms with van der Waals surface area (Å²) in [6.07, 6.45) is 1.59. The molecule has 2 N–H and O–H groups in total. The molecule has 0 bridgehead atoms. The van der Waals surface area contributed by atoms with Gasteiger partial charge in [0, 0.05) is 5.54 Å². The Kier molecular flexibility index (Phi) is 5.74. The number of hydrogen-bond acceptors (Lipinski definition) is 4. The molecule has 0 saturated carbocycles. The van der Waals surface area contributed by atoms with Gasteiger partial charge in [-0.1, -0.05) is 18.2 Å². The van der Waals surface area contributed by atoms with Crippen molar-refractivity contribution in [2.24, 2.45) is 0 Å². The van der Waals surface area contributed by atoms with E-state index in [1.807, 2.05) is 38.1 Å². The lowest BCUT2D eigenvalue weighted by molar-refractivity contribution is -0.121. The molecule has 0 aliphatic heterocycles. The summed E-state index contributed by atoms with van der Waals surface area (Å²) in [6, 6.07) is 7.57. The van der Waals surface area contributed by atoms with Crippen molar-refractivity contribution in [3.8, 4) is 5.75 Å². The van der Waals surface area contributed by atoms with E-state index in [1.54, 1.807) is 7.11 Å². The van der Waals surface area contributed by atoms with Crippen molar-refractivity contribution >= 4 is 15.9 Å². The Morgan fingerprint density at radius 1 is 1.29 bits per heavy atom. The monoisotopic (exact) mass is 314 g/mol. The predicted octanol–water partition coefficient (Wildman–Crippen LogP) is 0.682. The Balaban J connectivity index is 2.67. The zero-order valence-corrected chi connectivity index (χ0v) is 13.6. The number of hydrogen-bond donors (Lipinski definition) is 2. The second-order valence-electron chi connectivity index (χ2n) is 5.51. The first-order valence-electron chi connectivity index (χ1n) is 6.50. The van der Waals surface area contributed by atoms with E-state index in [9.17, 15) is 13.2 Å². The van der Waals surface area contributed by atoms with Crippen LogP contribution in [-0.2, 0) is 21.2 Å². The number of carbonyl (C=O) groups excluding carboxylic acids is 1. The molecule has 0 saturated heterocycles. The fourth-order valence-corrected chi connectivity index (χ4v) is 2.38. The van der Waals surface area contributed by atoms with E-state index < -0.39 is 15.6 Å². The average Bonchev–Trinajstić information content (AvgIpc) is 2.35. The summed E-state index contributed by atoms with van der Waals surface area (Å²) in [5.41, 5.74) is 0.451. The lowest BCUT2D eigenvalue weighted by atomic mass is 9.94. The molecular formula is C14H22N2O4S. The fourth-order valence-electron chi connectivity index (χ4n) is 1.99. The summed E-state index contributed by atoms with van der Waals surface area (Å²) in [5.74, 6) is 0.384. The number of nitrogens with one attached hydrogen (secondary N) is 2. The van der Waals surface area contributed by atoms with Gasteiger partial charge in [-0.05, 0) is 31.9 Å². The first-order chi connectivity index (χ1) is 9.63. The van der Waals surface area contributed by atoms with Gasteiger partial charge in [0.1, 0.15) is 5.75 Å². The molecule has 0 spiro atoms. The predicted molar refractivity (Wildman–Crippen MR) is 81.8 cm³/mol. The van der Waals surface area contributed by atoms with Gasteiger partial charge in [-0.2, -0.15) is 0 Å². The Bertz CT molecular complexity index is 597. The molecule has 0 aliphatic rings. The van der Waals surface area contributed by atoms with Crippen molar-refractivity contribution in [3.63, 3.8) is 0 Å². The van der Waals surface area contributed by atoms with Crippen molar-refractivity contribution in [3.05, 3.63) is 29.8 Å². The molecule has 1 aromatic rings. The first-order valence-corrected chi connectivity index (χ1v) is 8.40. The third-order valence-electron chi connectivity index (χ3n) is 2.80. The number of carbonyl (C=O) groups is 1. The number of rotatable bonds is 7. The maximum atomic E-state index is 11.8. The number of ether oxygens (including phenoxy) is 1. The number of sulfonamides is 1. The van der Waals surface area contributed by atoms with Gasteiger partial charge >= 0.3 is 0 Å². The van der Waals surface area contributed by atoms with E-state index >= 15 is 0 Å². The Labute approximate surface area is 125 Å². The van der Waals surface area contributed by atoms with E-state index in [2.05, 4.69) is 10.0 Å². The maximum absolute atomic E-state index is 11.8. The van der Waals surface area contributed by atoms with Crippen LogP contribution in [0.15, 0.2) is 24.3 Å². The van der Waals surface area contributed by atoms with Crippen LogP contribution < -0.4 is 14.8 Å². The number of methoxy groups -OCH3 is 1. The van der Waals surface area contributed by atoms with Crippen LogP contribution in [0.3, 0.4) is 0 Å². The molecule has 1 aromatic carbocycles. The molecule has 1 rings (SSSR count). The van der Waals surface area contributed by atoms with Crippen LogP contribution in [0, 0.1) is 0 Å². The fraction of sp³-hybridized carbons (Fsp3) is 0.500. The van der Waals surface area contributed by atoms with Gasteiger partial charge in [-0.15, -0.1) is 0 Å². The minimum Gasteiger partial charge on any atom is -0.496 e. The maximum Gasteiger partial charge on any atom is 0.235 e. The first kappa shape index (κ1) is 17.5. The van der Waals surface area contributed by atoms with E-state index in [4.69, 9.17) is 4.74 Å². The van der Waals surface area contributed by atoms with Crippen molar-refractivity contribution in [1.29, 1.82) is 0 Å². The molecule has 21 heavy (non-hydrogen) atoms. The Hall–Kier alpha value is -1.60. The topological polar surface area (TPSA) is 84.5 Å². The molecule has 0 atom stereocenters. The van der Waals surface area contributed by atoms with E-state index in [1.165, 1.54) is 0 Å². The van der Waals surface area contributed by atoms with Crippen molar-refractivity contribution < 1.29 is 17.9 Å². The molecule has 0 aliphatic carbocycles. The Morgan fingerprint density at radius 2 is 1.90 bits per heavy atom. The zero-order valence-electron chi connectivity index (χ0n) is 12.8. The van der Waals surface area contributed by atoms with Gasteiger partial charge in [0.05, 0.1) is 19.9 Å². The second kappa shape index (κ2) is 6.91. The van der Waals surface area contributed by atoms with Crippen LogP contribution in [-0.4, -0.2) is 39.8 Å². The molecule has 0 radical (unpaired) electrons. The molecular weight excluding hydrogens is 292 g/mol. The second-order valence-corrected chi connectivity index (χ2v) is 7.35. The summed E-state index contributed by atoms with van der Waals surface area (Å²) < 4.78 is 29.4. The standard InChI is InChI=1S/C14H22N2O4S/c1-14(2,16-13(17)10-15-21(4,18)19)9-11-7-5-6-8-12(11)20-3/h5-8,15H,9-10H2,1-4H3,(H,16,17). The SMILES string of the molecule is COc1ccccc1CC(C)(C)NC(=O)CNS(C)(=O)=O. The largest absolute Gasteiger partial charge is 0.496 e. The highest BCUT2D eigenvalue weighted by atomic mass is 32.2. The lowest BCUT2D eigenvalue weighted by Gasteiger charge is -2.27. The highest BCUT2D eigenvalue weighted by Gasteiger charge is 2.22. The van der Waals surface area contributed by atoms with Gasteiger partial charge in [0.2, 0.25) is 15.9 Å². The molecule has 1 amide bonds. The van der Waals surface area contributed by atoms with Gasteiger partial charge in [0.15, 0.2) is 0 Å². The van der Waals surface area contributed by atoms with Gasteiger partial charge < -0.3 is 10.1 Å². The van der Waals surface area contributed by atoms with Crippen LogP contribution in [0.1, 0.15) is 19.4 Å². The lowest BCUT2D eigenvalue weighted by Crippen LogP contribution is -2.48. The van der Waals surface area contributed by atoms with Crippen molar-refractivity contribution in [1.82, 2.24) is 10.0 Å². The minimum atomic E-state index is -3.38. The highest BCUT2D eigenvalue weighted by Crippen LogP contribution is 2.22. The normalized spacial score (nSPS) is 12.0. The average molecular weight is 314 g/mol. The number of para-hydroxylation sites is 1. The van der Waals surface area contributed by atoms with Gasteiger partial charge in [-0.3, -0.25) is 4.79 Å². The molecule has 0 aromatic heterocycles. The summed E-state index contributed by atoms with van der Waals surface area (Å²) in [6.45, 7) is 3.48. The quantitative estimate of drug-likeness (QED) is 0.775.